The van der Waals surface area contributed by atoms with E-state index in [1.54, 1.807) is 36.4 Å². The molecule has 0 spiro atoms. The highest BCUT2D eigenvalue weighted by atomic mass is 32.2. The van der Waals surface area contributed by atoms with Gasteiger partial charge in [0, 0.05) is 38.9 Å². The molecule has 1 heterocycles. The van der Waals surface area contributed by atoms with Gasteiger partial charge in [-0.3, -0.25) is 23.9 Å². The number of sulfonamides is 1. The first kappa shape index (κ1) is 32.7. The number of rotatable bonds is 11. The molecule has 5 atom stereocenters. The Morgan fingerprint density at radius 3 is 2.18 bits per heavy atom. The van der Waals surface area contributed by atoms with Gasteiger partial charge in [-0.15, -0.1) is 0 Å². The number of carbonyl (C=O) groups is 4. The Bertz CT molecular complexity index is 1520. The lowest BCUT2D eigenvalue weighted by Gasteiger charge is -2.45. The van der Waals surface area contributed by atoms with Crippen LogP contribution in [0.25, 0.3) is 11.1 Å². The quantitative estimate of drug-likeness (QED) is 0.275. The molecule has 0 bridgehead atoms. The van der Waals surface area contributed by atoms with Crippen LogP contribution in [0.2, 0.25) is 0 Å². The number of benzene rings is 2. The molecule has 2 aliphatic rings. The van der Waals surface area contributed by atoms with Gasteiger partial charge in [0.1, 0.15) is 24.5 Å². The third-order valence-electron chi connectivity index (χ3n) is 6.92. The van der Waals surface area contributed by atoms with E-state index < -0.39 is 69.7 Å². The van der Waals surface area contributed by atoms with Crippen molar-refractivity contribution in [1.82, 2.24) is 5.32 Å². The number of anilines is 1. The van der Waals surface area contributed by atoms with Gasteiger partial charge in [0.05, 0.1) is 5.25 Å². The van der Waals surface area contributed by atoms with Crippen LogP contribution in [0.1, 0.15) is 46.1 Å². The van der Waals surface area contributed by atoms with Crippen LogP contribution in [-0.4, -0.2) is 74.7 Å². The maximum absolute atomic E-state index is 12.6. The minimum Gasteiger partial charge on any atom is -0.463 e. The molecular weight excluding hydrogens is 596 g/mol. The highest BCUT2D eigenvalue weighted by molar-refractivity contribution is 7.93. The van der Waals surface area contributed by atoms with E-state index in [0.29, 0.717) is 35.4 Å². The van der Waals surface area contributed by atoms with Crippen molar-refractivity contribution in [2.45, 2.75) is 83.4 Å². The SMILES string of the molecule is CC(=O)N[C@H]1[C@H](Oc2cccc(C)c2-c2cccc(NS(=O)(=O)C3CC3)c2)O[C@H](COC(C)=O)[C@H](OC(C)=O)[C@@H]1OC(C)=O. The van der Waals surface area contributed by atoms with Crippen LogP contribution in [0, 0.1) is 6.92 Å². The second kappa shape index (κ2) is 13.6. The highest BCUT2D eigenvalue weighted by Crippen LogP contribution is 2.38. The maximum atomic E-state index is 12.6. The molecule has 0 unspecified atom stereocenters. The summed E-state index contributed by atoms with van der Waals surface area (Å²) in [6.07, 6.45) is -3.78. The number of esters is 3. The molecule has 44 heavy (non-hydrogen) atoms. The van der Waals surface area contributed by atoms with Gasteiger partial charge in [-0.1, -0.05) is 24.3 Å². The summed E-state index contributed by atoms with van der Waals surface area (Å²) < 4.78 is 56.5. The van der Waals surface area contributed by atoms with Gasteiger partial charge in [0.2, 0.25) is 22.2 Å². The lowest BCUT2D eigenvalue weighted by atomic mass is 9.95. The second-order valence-electron chi connectivity index (χ2n) is 10.7. The number of nitrogens with one attached hydrogen (secondary N) is 2. The Balaban J connectivity index is 1.74. The zero-order chi connectivity index (χ0) is 32.2. The monoisotopic (exact) mass is 632 g/mol. The third kappa shape index (κ3) is 8.26. The fraction of sp³-hybridized carbons (Fsp3) is 0.467. The van der Waals surface area contributed by atoms with Gasteiger partial charge in [-0.25, -0.2) is 8.42 Å². The van der Waals surface area contributed by atoms with Gasteiger partial charge in [-0.2, -0.15) is 0 Å². The molecule has 0 radical (unpaired) electrons. The van der Waals surface area contributed by atoms with Crippen molar-refractivity contribution >= 4 is 39.5 Å². The maximum Gasteiger partial charge on any atom is 0.303 e. The Hall–Kier alpha value is -4.17. The summed E-state index contributed by atoms with van der Waals surface area (Å²) in [5, 5.41) is 2.28. The van der Waals surface area contributed by atoms with Crippen LogP contribution < -0.4 is 14.8 Å². The van der Waals surface area contributed by atoms with Crippen LogP contribution in [0.5, 0.6) is 5.75 Å². The molecule has 13 nitrogen and oxygen atoms in total. The van der Waals surface area contributed by atoms with Crippen molar-refractivity contribution < 1.29 is 51.3 Å². The topological polar surface area (TPSA) is 173 Å². The average Bonchev–Trinajstić information content (AvgIpc) is 3.77. The van der Waals surface area contributed by atoms with Gasteiger partial charge in [0.15, 0.2) is 12.2 Å². The van der Waals surface area contributed by atoms with Gasteiger partial charge < -0.3 is 29.0 Å². The van der Waals surface area contributed by atoms with Crippen molar-refractivity contribution in [3.05, 3.63) is 48.0 Å². The van der Waals surface area contributed by atoms with Crippen molar-refractivity contribution in [2.24, 2.45) is 0 Å². The number of carbonyl (C=O) groups excluding carboxylic acids is 4. The molecule has 1 aliphatic carbocycles. The summed E-state index contributed by atoms with van der Waals surface area (Å²) in [6, 6.07) is 10.9. The molecule has 1 saturated heterocycles. The molecule has 2 aromatic carbocycles. The molecular formula is C30H36N2O11S. The Kier molecular flexibility index (Phi) is 10.1. The van der Waals surface area contributed by atoms with Gasteiger partial charge in [-0.05, 0) is 49.1 Å². The van der Waals surface area contributed by atoms with Crippen LogP contribution in [-0.2, 0) is 48.1 Å². The number of amides is 1. The molecule has 1 amide bonds. The molecule has 2 fully saturated rings. The second-order valence-corrected chi connectivity index (χ2v) is 12.7. The molecule has 0 aromatic heterocycles. The first-order chi connectivity index (χ1) is 20.7. The van der Waals surface area contributed by atoms with E-state index in [9.17, 15) is 27.6 Å². The lowest BCUT2D eigenvalue weighted by molar-refractivity contribution is -0.257. The van der Waals surface area contributed by atoms with E-state index >= 15 is 0 Å². The standard InChI is InChI=1S/C30H36N2O11S/c1-16-8-6-11-24(26(16)21-9-7-10-22(14-21)32-44(37,38)23-12-13-23)42-30-27(31-17(2)33)29(41-20(5)36)28(40-19(4)35)25(43-30)15-39-18(3)34/h6-11,14,23,25,27-30,32H,12-13,15H2,1-5H3,(H,31,33)/t25-,27-,28+,29-,30-/m1/s1. The normalized spacial score (nSPS) is 23.2. The lowest BCUT2D eigenvalue weighted by Crippen LogP contribution is -2.67. The first-order valence-electron chi connectivity index (χ1n) is 14.0. The van der Waals surface area contributed by atoms with Gasteiger partial charge in [0.25, 0.3) is 0 Å². The number of aryl methyl sites for hydroxylation is 1. The van der Waals surface area contributed by atoms with Crippen LogP contribution in [0.4, 0.5) is 5.69 Å². The predicted octanol–water partition coefficient (Wildman–Crippen LogP) is 2.60. The van der Waals surface area contributed by atoms with E-state index in [0.717, 1.165) is 19.4 Å². The Labute approximate surface area is 255 Å². The van der Waals surface area contributed by atoms with Gasteiger partial charge >= 0.3 is 17.9 Å². The largest absolute Gasteiger partial charge is 0.463 e. The Morgan fingerprint density at radius 1 is 0.909 bits per heavy atom. The summed E-state index contributed by atoms with van der Waals surface area (Å²) in [5.74, 6) is -2.28. The molecule has 238 valence electrons. The average molecular weight is 633 g/mol. The molecule has 4 rings (SSSR count). The number of ether oxygens (including phenoxy) is 5. The van der Waals surface area contributed by atoms with E-state index in [4.69, 9.17) is 23.7 Å². The zero-order valence-electron chi connectivity index (χ0n) is 25.0. The smallest absolute Gasteiger partial charge is 0.303 e. The van der Waals surface area contributed by atoms with Crippen molar-refractivity contribution in [3.63, 3.8) is 0 Å². The molecule has 14 heteroatoms. The van der Waals surface area contributed by atoms with Crippen LogP contribution in [0.3, 0.4) is 0 Å². The van der Waals surface area contributed by atoms with Crippen molar-refractivity contribution in [1.29, 1.82) is 0 Å². The fourth-order valence-electron chi connectivity index (χ4n) is 4.99. The summed E-state index contributed by atoms with van der Waals surface area (Å²) >= 11 is 0. The summed E-state index contributed by atoms with van der Waals surface area (Å²) in [7, 11) is -3.50. The summed E-state index contributed by atoms with van der Waals surface area (Å²) in [6.45, 7) is 6.23. The fourth-order valence-corrected chi connectivity index (χ4v) is 6.37. The van der Waals surface area contributed by atoms with Crippen molar-refractivity contribution in [3.8, 4) is 16.9 Å². The Morgan fingerprint density at radius 2 is 1.57 bits per heavy atom. The molecule has 1 aliphatic heterocycles. The predicted molar refractivity (Wildman–Crippen MR) is 157 cm³/mol. The molecule has 1 saturated carbocycles. The highest BCUT2D eigenvalue weighted by Gasteiger charge is 2.52. The van der Waals surface area contributed by atoms with E-state index in [1.807, 2.05) is 13.0 Å². The minimum atomic E-state index is -3.50. The summed E-state index contributed by atoms with van der Waals surface area (Å²) in [5.41, 5.74) is 2.40. The molecule has 2 aromatic rings. The van der Waals surface area contributed by atoms with Crippen molar-refractivity contribution in [2.75, 3.05) is 11.3 Å². The van der Waals surface area contributed by atoms with E-state index in [1.165, 1.54) is 13.8 Å². The molecule has 2 N–H and O–H groups in total. The van der Waals surface area contributed by atoms with Crippen LogP contribution >= 0.6 is 0 Å². The van der Waals surface area contributed by atoms with E-state index in [-0.39, 0.29) is 6.61 Å². The summed E-state index contributed by atoms with van der Waals surface area (Å²) in [4.78, 5) is 48.2. The van der Waals surface area contributed by atoms with Crippen LogP contribution in [0.15, 0.2) is 42.5 Å². The number of hydrogen-bond acceptors (Lipinski definition) is 11. The first-order valence-corrected chi connectivity index (χ1v) is 15.6. The zero-order valence-corrected chi connectivity index (χ0v) is 25.8. The third-order valence-corrected chi connectivity index (χ3v) is 8.79. The van der Waals surface area contributed by atoms with E-state index in [2.05, 4.69) is 10.0 Å². The number of hydrogen-bond donors (Lipinski definition) is 2. The minimum absolute atomic E-state index is 0.297.